The number of carbonyl (C=O) groups excluding carboxylic acids is 2. The number of nitrogens with one attached hydrogen (secondary N) is 1. The zero-order chi connectivity index (χ0) is 30.2. The third-order valence-corrected chi connectivity index (χ3v) is 9.72. The molecule has 10 nitrogen and oxygen atoms in total. The van der Waals surface area contributed by atoms with Gasteiger partial charge in [-0.2, -0.15) is 12.7 Å². The number of benzene rings is 2. The van der Waals surface area contributed by atoms with Crippen LogP contribution >= 0.6 is 0 Å². The summed E-state index contributed by atoms with van der Waals surface area (Å²) in [5, 5.41) is 10.5. The van der Waals surface area contributed by atoms with Gasteiger partial charge in [0.25, 0.3) is 11.8 Å². The third-order valence-electron chi connectivity index (χ3n) is 8.31. The fourth-order valence-electron chi connectivity index (χ4n) is 6.08. The molecule has 1 fully saturated rings. The lowest BCUT2D eigenvalue weighted by molar-refractivity contribution is -0.126. The maximum absolute atomic E-state index is 13.6. The highest BCUT2D eigenvalue weighted by molar-refractivity contribution is 7.87. The van der Waals surface area contributed by atoms with E-state index in [0.717, 1.165) is 57.7 Å². The second kappa shape index (κ2) is 11.9. The Labute approximate surface area is 246 Å². The molecule has 11 heteroatoms. The standard InChI is InChI=1S/C31H38N4O6S/c1-33(2)42(39,40)32-30(37)21-10-12-26-27(18-21)35-19-23(31(38)34(3)14-15-36)16-22-17-24(41-4)11-13-25(22)29(35)28(26)20-8-6-5-7-9-20/h10-13,16-18,20,36H,5-9,14-15,19H2,1-4H3,(H,32,37). The van der Waals surface area contributed by atoms with Gasteiger partial charge in [0.1, 0.15) is 5.75 Å². The maximum Gasteiger partial charge on any atom is 0.303 e. The van der Waals surface area contributed by atoms with Gasteiger partial charge in [-0.25, -0.2) is 4.72 Å². The van der Waals surface area contributed by atoms with Crippen molar-refractivity contribution in [3.8, 4) is 17.0 Å². The van der Waals surface area contributed by atoms with E-state index in [2.05, 4.69) is 9.29 Å². The largest absolute Gasteiger partial charge is 0.497 e. The van der Waals surface area contributed by atoms with Crippen LogP contribution in [0.15, 0.2) is 42.0 Å². The van der Waals surface area contributed by atoms with Gasteiger partial charge in [-0.3, -0.25) is 9.59 Å². The molecule has 2 heterocycles. The van der Waals surface area contributed by atoms with Crippen molar-refractivity contribution < 1.29 is 27.9 Å². The van der Waals surface area contributed by atoms with Crippen LogP contribution in [0.4, 0.5) is 0 Å². The molecule has 2 amide bonds. The molecule has 0 bridgehead atoms. The number of nitrogens with zero attached hydrogens (tertiary/aromatic N) is 3. The summed E-state index contributed by atoms with van der Waals surface area (Å²) in [5.74, 6) is 0.0345. The number of amides is 2. The van der Waals surface area contributed by atoms with Gasteiger partial charge in [0.2, 0.25) is 0 Å². The predicted molar refractivity (Wildman–Crippen MR) is 163 cm³/mol. The molecule has 2 aromatic carbocycles. The first-order valence-corrected chi connectivity index (χ1v) is 15.7. The number of aliphatic hydroxyl groups is 1. The first kappa shape index (κ1) is 29.8. The Balaban J connectivity index is 1.76. The molecule has 1 aliphatic heterocycles. The Morgan fingerprint density at radius 2 is 1.81 bits per heavy atom. The molecule has 3 aromatic rings. The number of carbonyl (C=O) groups is 2. The van der Waals surface area contributed by atoms with Gasteiger partial charge < -0.3 is 19.3 Å². The lowest BCUT2D eigenvalue weighted by Crippen LogP contribution is -2.39. The topological polar surface area (TPSA) is 121 Å². The Morgan fingerprint density at radius 1 is 1.07 bits per heavy atom. The lowest BCUT2D eigenvalue weighted by atomic mass is 9.81. The van der Waals surface area contributed by atoms with E-state index in [1.54, 1.807) is 26.3 Å². The highest BCUT2D eigenvalue weighted by Gasteiger charge is 2.31. The van der Waals surface area contributed by atoms with E-state index in [0.29, 0.717) is 17.2 Å². The van der Waals surface area contributed by atoms with Gasteiger partial charge in [-0.15, -0.1) is 0 Å². The molecule has 1 aromatic heterocycles. The first-order valence-electron chi connectivity index (χ1n) is 14.2. The fourth-order valence-corrected chi connectivity index (χ4v) is 6.61. The molecule has 0 unspecified atom stereocenters. The molecule has 5 rings (SSSR count). The van der Waals surface area contributed by atoms with Crippen LogP contribution in [-0.2, 0) is 21.5 Å². The summed E-state index contributed by atoms with van der Waals surface area (Å²) in [6.07, 6.45) is 7.42. The number of aromatic nitrogens is 1. The van der Waals surface area contributed by atoms with E-state index in [-0.39, 0.29) is 31.2 Å². The smallest absolute Gasteiger partial charge is 0.303 e. The number of rotatable bonds is 8. The van der Waals surface area contributed by atoms with Crippen molar-refractivity contribution in [2.75, 3.05) is 41.4 Å². The average Bonchev–Trinajstić information content (AvgIpc) is 3.19. The van der Waals surface area contributed by atoms with Crippen LogP contribution in [0.3, 0.4) is 0 Å². The summed E-state index contributed by atoms with van der Waals surface area (Å²) in [6, 6.07) is 11.2. The lowest BCUT2D eigenvalue weighted by Gasteiger charge is -2.24. The molecule has 1 aliphatic carbocycles. The van der Waals surface area contributed by atoms with Crippen molar-refractivity contribution in [3.63, 3.8) is 0 Å². The SMILES string of the molecule is COc1ccc2c(c1)C=C(C(=O)N(C)CCO)Cn1c-2c(C2CCCCC2)c2ccc(C(=O)NS(=O)(=O)N(C)C)cc21. The van der Waals surface area contributed by atoms with Crippen LogP contribution < -0.4 is 9.46 Å². The number of methoxy groups -OCH3 is 1. The fraction of sp³-hybridized carbons (Fsp3) is 0.419. The van der Waals surface area contributed by atoms with E-state index >= 15 is 0 Å². The number of hydrogen-bond acceptors (Lipinski definition) is 6. The van der Waals surface area contributed by atoms with Crippen molar-refractivity contribution in [2.45, 2.75) is 44.6 Å². The normalized spacial score (nSPS) is 15.5. The molecule has 2 aliphatic rings. The van der Waals surface area contributed by atoms with Gasteiger partial charge in [0.05, 0.1) is 26.0 Å². The van der Waals surface area contributed by atoms with Gasteiger partial charge in [-0.05, 0) is 66.3 Å². The summed E-state index contributed by atoms with van der Waals surface area (Å²) in [4.78, 5) is 28.2. The highest BCUT2D eigenvalue weighted by atomic mass is 32.2. The third kappa shape index (κ3) is 5.56. The summed E-state index contributed by atoms with van der Waals surface area (Å²) in [5.41, 5.74) is 5.48. The summed E-state index contributed by atoms with van der Waals surface area (Å²) in [7, 11) is 2.00. The van der Waals surface area contributed by atoms with Crippen LogP contribution in [0.25, 0.3) is 28.2 Å². The number of hydrogen-bond donors (Lipinski definition) is 2. The van der Waals surface area contributed by atoms with Gasteiger partial charge in [0.15, 0.2) is 0 Å². The maximum atomic E-state index is 13.6. The quantitative estimate of drug-likeness (QED) is 0.410. The second-order valence-corrected chi connectivity index (χ2v) is 13.1. The predicted octanol–water partition coefficient (Wildman–Crippen LogP) is 3.75. The highest BCUT2D eigenvalue weighted by Crippen LogP contribution is 2.47. The van der Waals surface area contributed by atoms with E-state index in [1.165, 1.54) is 31.0 Å². The molecule has 0 atom stereocenters. The molecule has 0 saturated heterocycles. The molecule has 0 radical (unpaired) electrons. The van der Waals surface area contributed by atoms with Crippen LogP contribution in [0.2, 0.25) is 0 Å². The summed E-state index contributed by atoms with van der Waals surface area (Å²) < 4.78 is 35.5. The number of likely N-dealkylation sites (N-methyl/N-ethyl adjacent to an activating group) is 1. The van der Waals surface area contributed by atoms with Gasteiger partial charge >= 0.3 is 10.2 Å². The number of ether oxygens (including phenoxy) is 1. The van der Waals surface area contributed by atoms with Crippen LogP contribution in [0.1, 0.15) is 59.5 Å². The van der Waals surface area contributed by atoms with E-state index in [9.17, 15) is 23.1 Å². The summed E-state index contributed by atoms with van der Waals surface area (Å²) >= 11 is 0. The van der Waals surface area contributed by atoms with Crippen molar-refractivity contribution in [1.82, 2.24) is 18.5 Å². The zero-order valence-corrected chi connectivity index (χ0v) is 25.3. The monoisotopic (exact) mass is 594 g/mol. The Bertz CT molecular complexity index is 1670. The van der Waals surface area contributed by atoms with E-state index < -0.39 is 16.1 Å². The van der Waals surface area contributed by atoms with Crippen molar-refractivity contribution >= 4 is 39.0 Å². The number of aliphatic hydroxyl groups excluding tert-OH is 1. The molecule has 1 saturated carbocycles. The summed E-state index contributed by atoms with van der Waals surface area (Å²) in [6.45, 7) is 0.279. The van der Waals surface area contributed by atoms with Gasteiger partial charge in [-0.1, -0.05) is 25.3 Å². The second-order valence-electron chi connectivity index (χ2n) is 11.2. The minimum atomic E-state index is -3.98. The minimum Gasteiger partial charge on any atom is -0.497 e. The zero-order valence-electron chi connectivity index (χ0n) is 24.5. The van der Waals surface area contributed by atoms with Gasteiger partial charge in [0, 0.05) is 55.3 Å². The van der Waals surface area contributed by atoms with E-state index in [1.807, 2.05) is 30.3 Å². The molecule has 42 heavy (non-hydrogen) atoms. The van der Waals surface area contributed by atoms with Crippen molar-refractivity contribution in [2.24, 2.45) is 0 Å². The Kier molecular flexibility index (Phi) is 8.45. The van der Waals surface area contributed by atoms with Crippen molar-refractivity contribution in [1.29, 1.82) is 0 Å². The number of fused-ring (bicyclic) bond motifs is 5. The van der Waals surface area contributed by atoms with Crippen LogP contribution in [0, 0.1) is 0 Å². The molecule has 2 N–H and O–H groups in total. The first-order chi connectivity index (χ1) is 20.1. The molecule has 224 valence electrons. The van der Waals surface area contributed by atoms with E-state index in [4.69, 9.17) is 4.74 Å². The van der Waals surface area contributed by atoms with Crippen molar-refractivity contribution in [3.05, 3.63) is 58.7 Å². The average molecular weight is 595 g/mol. The molecule has 0 spiro atoms. The molecular formula is C31H38N4O6S. The van der Waals surface area contributed by atoms with Crippen LogP contribution in [0.5, 0.6) is 5.75 Å². The Hall–Kier alpha value is -3.67. The molecular weight excluding hydrogens is 556 g/mol. The Morgan fingerprint density at radius 3 is 2.48 bits per heavy atom. The van der Waals surface area contributed by atoms with Crippen LogP contribution in [-0.4, -0.2) is 80.5 Å². The minimum absolute atomic E-state index is 0.155.